The van der Waals surface area contributed by atoms with Crippen LogP contribution in [0.2, 0.25) is 0 Å². The van der Waals surface area contributed by atoms with Gasteiger partial charge in [0.2, 0.25) is 5.60 Å². The second-order valence-corrected chi connectivity index (χ2v) is 6.06. The molecule has 0 aliphatic carbocycles. The van der Waals surface area contributed by atoms with Crippen LogP contribution in [0, 0.1) is 0 Å². The zero-order valence-electron chi connectivity index (χ0n) is 12.7. The van der Waals surface area contributed by atoms with Gasteiger partial charge in [-0.05, 0) is 12.8 Å². The number of carbonyl (C=O) groups excluding carboxylic acids is 1. The van der Waals surface area contributed by atoms with Crippen molar-refractivity contribution >= 4 is 17.8 Å². The summed E-state index contributed by atoms with van der Waals surface area (Å²) in [4.78, 5) is 23.6. The van der Waals surface area contributed by atoms with Crippen molar-refractivity contribution in [3.05, 3.63) is 11.3 Å². The number of alkyl halides is 3. The molecule has 25 heavy (non-hydrogen) atoms. The Morgan fingerprint density at radius 2 is 1.92 bits per heavy atom. The number of likely N-dealkylation sites (tertiary alicyclic amines) is 1. The number of hydrogen-bond acceptors (Lipinski definition) is 5. The van der Waals surface area contributed by atoms with E-state index in [2.05, 4.69) is 10.2 Å². The summed E-state index contributed by atoms with van der Waals surface area (Å²) in [5.74, 6) is -2.44. The van der Waals surface area contributed by atoms with Gasteiger partial charge in [0.15, 0.2) is 11.9 Å². The first-order valence-electron chi connectivity index (χ1n) is 7.42. The lowest BCUT2D eigenvalue weighted by Gasteiger charge is -2.38. The number of carboxylic acid groups (broad SMARTS) is 1. The van der Waals surface area contributed by atoms with Crippen LogP contribution in [0.3, 0.4) is 0 Å². The highest BCUT2D eigenvalue weighted by molar-refractivity contribution is 5.98. The van der Waals surface area contributed by atoms with E-state index in [1.165, 1.54) is 0 Å². The molecule has 2 amide bonds. The number of fused-ring (bicyclic) bond motifs is 1. The molecule has 1 fully saturated rings. The fraction of sp³-hybridized carbons (Fsp3) is 0.615. The second kappa shape index (κ2) is 5.59. The van der Waals surface area contributed by atoms with Gasteiger partial charge >= 0.3 is 12.3 Å². The summed E-state index contributed by atoms with van der Waals surface area (Å²) in [6.07, 6.45) is -8.77. The van der Waals surface area contributed by atoms with Gasteiger partial charge in [0.25, 0.3) is 5.91 Å². The number of rotatable bonds is 1. The van der Waals surface area contributed by atoms with Crippen LogP contribution in [-0.4, -0.2) is 67.8 Å². The fourth-order valence-corrected chi connectivity index (χ4v) is 3.29. The molecular formula is C13H15F3N4O5. The number of aliphatic hydroxyl groups excluding tert-OH is 1. The van der Waals surface area contributed by atoms with E-state index >= 15 is 0 Å². The average molecular weight is 364 g/mol. The van der Waals surface area contributed by atoms with Gasteiger partial charge in [-0.3, -0.25) is 9.89 Å². The van der Waals surface area contributed by atoms with Crippen molar-refractivity contribution in [1.29, 1.82) is 0 Å². The summed E-state index contributed by atoms with van der Waals surface area (Å²) in [6.45, 7) is 0.209. The fourth-order valence-electron chi connectivity index (χ4n) is 3.29. The first kappa shape index (κ1) is 17.5. The normalized spacial score (nSPS) is 27.8. The number of nitrogens with zero attached hydrogens (tertiary/aromatic N) is 2. The standard InChI is InChI=1S/C13H15F3N4O5/c14-13(15,16)12(25)6-7(5-1-3-20(4-2-5)11(23)24)18-19-9(6)17-10(22)8(12)21/h5,8,21,25H,1-4H2,(H,23,24)(H2,17,18,19,22). The average Bonchev–Trinajstić information content (AvgIpc) is 2.95. The highest BCUT2D eigenvalue weighted by atomic mass is 19.4. The topological polar surface area (TPSA) is 139 Å². The Balaban J connectivity index is 2.01. The molecule has 3 rings (SSSR count). The summed E-state index contributed by atoms with van der Waals surface area (Å²) in [5, 5.41) is 36.9. The van der Waals surface area contributed by atoms with Crippen LogP contribution in [0.15, 0.2) is 0 Å². The number of aromatic nitrogens is 2. The maximum atomic E-state index is 13.5. The molecule has 12 heteroatoms. The van der Waals surface area contributed by atoms with Crippen LogP contribution in [-0.2, 0) is 10.4 Å². The monoisotopic (exact) mass is 364 g/mol. The zero-order chi connectivity index (χ0) is 18.6. The third kappa shape index (κ3) is 2.52. The lowest BCUT2D eigenvalue weighted by Crippen LogP contribution is -2.59. The number of aromatic amines is 1. The van der Waals surface area contributed by atoms with E-state index in [1.807, 2.05) is 5.32 Å². The molecule has 1 saturated heterocycles. The molecule has 1 aromatic rings. The van der Waals surface area contributed by atoms with Crippen molar-refractivity contribution in [1.82, 2.24) is 15.1 Å². The molecule has 5 N–H and O–H groups in total. The second-order valence-electron chi connectivity index (χ2n) is 6.06. The summed E-state index contributed by atoms with van der Waals surface area (Å²) >= 11 is 0. The molecular weight excluding hydrogens is 349 g/mol. The highest BCUT2D eigenvalue weighted by Gasteiger charge is 2.66. The molecule has 0 radical (unpaired) electrons. The van der Waals surface area contributed by atoms with Gasteiger partial charge in [-0.15, -0.1) is 0 Å². The minimum Gasteiger partial charge on any atom is -0.465 e. The lowest BCUT2D eigenvalue weighted by atomic mass is 9.79. The van der Waals surface area contributed by atoms with Crippen molar-refractivity contribution in [2.75, 3.05) is 18.4 Å². The molecule has 3 heterocycles. The van der Waals surface area contributed by atoms with Crippen LogP contribution >= 0.6 is 0 Å². The number of nitrogens with one attached hydrogen (secondary N) is 2. The van der Waals surface area contributed by atoms with E-state index in [0.29, 0.717) is 0 Å². The molecule has 2 aliphatic rings. The van der Waals surface area contributed by atoms with Crippen LogP contribution < -0.4 is 5.32 Å². The molecule has 2 atom stereocenters. The minimum atomic E-state index is -5.32. The largest absolute Gasteiger partial charge is 0.465 e. The van der Waals surface area contributed by atoms with Crippen LogP contribution in [0.25, 0.3) is 0 Å². The van der Waals surface area contributed by atoms with E-state index < -0.39 is 47.2 Å². The van der Waals surface area contributed by atoms with Crippen molar-refractivity contribution in [3.63, 3.8) is 0 Å². The Bertz CT molecular complexity index is 713. The van der Waals surface area contributed by atoms with Crippen molar-refractivity contribution in [2.24, 2.45) is 0 Å². The van der Waals surface area contributed by atoms with Crippen LogP contribution in [0.1, 0.15) is 30.0 Å². The van der Waals surface area contributed by atoms with Crippen LogP contribution in [0.5, 0.6) is 0 Å². The van der Waals surface area contributed by atoms with E-state index in [-0.39, 0.29) is 31.6 Å². The number of piperidine rings is 1. The number of carbonyl (C=O) groups is 2. The highest BCUT2D eigenvalue weighted by Crippen LogP contribution is 2.49. The molecule has 9 nitrogen and oxygen atoms in total. The molecule has 1 aromatic heterocycles. The lowest BCUT2D eigenvalue weighted by molar-refractivity contribution is -0.293. The Hall–Kier alpha value is -2.34. The molecule has 2 aliphatic heterocycles. The van der Waals surface area contributed by atoms with Gasteiger partial charge in [-0.25, -0.2) is 4.79 Å². The molecule has 0 saturated carbocycles. The SMILES string of the molecule is O=C1Nc2n[nH]c(C3CCN(C(=O)O)CC3)c2C(O)(C(F)(F)F)C1O. The van der Waals surface area contributed by atoms with Crippen molar-refractivity contribution < 1.29 is 38.1 Å². The van der Waals surface area contributed by atoms with E-state index in [0.717, 1.165) is 4.90 Å². The van der Waals surface area contributed by atoms with Gasteiger partial charge in [0.1, 0.15) is 0 Å². The molecule has 2 unspecified atom stereocenters. The third-order valence-corrected chi connectivity index (χ3v) is 4.67. The van der Waals surface area contributed by atoms with Gasteiger partial charge in [-0.1, -0.05) is 0 Å². The summed E-state index contributed by atoms with van der Waals surface area (Å²) in [7, 11) is 0. The van der Waals surface area contributed by atoms with Gasteiger partial charge < -0.3 is 25.5 Å². The van der Waals surface area contributed by atoms with Gasteiger partial charge in [-0.2, -0.15) is 18.3 Å². The minimum absolute atomic E-state index is 0.0705. The van der Waals surface area contributed by atoms with Crippen LogP contribution in [0.4, 0.5) is 23.8 Å². The van der Waals surface area contributed by atoms with E-state index in [4.69, 9.17) is 5.11 Å². The van der Waals surface area contributed by atoms with Gasteiger partial charge in [0, 0.05) is 24.7 Å². The first-order valence-corrected chi connectivity index (χ1v) is 7.42. The number of hydrogen-bond donors (Lipinski definition) is 5. The Morgan fingerprint density at radius 3 is 2.44 bits per heavy atom. The summed E-state index contributed by atoms with van der Waals surface area (Å²) in [5.41, 5.74) is -4.59. The number of aliphatic hydroxyl groups is 2. The number of amides is 2. The zero-order valence-corrected chi connectivity index (χ0v) is 12.7. The third-order valence-electron chi connectivity index (χ3n) is 4.67. The molecule has 138 valence electrons. The smallest absolute Gasteiger partial charge is 0.424 e. The van der Waals surface area contributed by atoms with E-state index in [9.17, 15) is 33.0 Å². The predicted octanol–water partition coefficient (Wildman–Crippen LogP) is 0.330. The molecule has 0 bridgehead atoms. The number of H-pyrrole nitrogens is 1. The predicted molar refractivity (Wildman–Crippen MR) is 74.7 cm³/mol. The number of halogens is 3. The van der Waals surface area contributed by atoms with Crippen molar-refractivity contribution in [2.45, 2.75) is 36.6 Å². The molecule has 0 aromatic carbocycles. The summed E-state index contributed by atoms with van der Waals surface area (Å²) in [6, 6.07) is 0. The number of anilines is 1. The van der Waals surface area contributed by atoms with Crippen molar-refractivity contribution in [3.8, 4) is 0 Å². The maximum absolute atomic E-state index is 13.5. The first-order chi connectivity index (χ1) is 11.6. The molecule has 0 spiro atoms. The maximum Gasteiger partial charge on any atom is 0.424 e. The van der Waals surface area contributed by atoms with Gasteiger partial charge in [0.05, 0.1) is 5.56 Å². The van der Waals surface area contributed by atoms with E-state index in [1.54, 1.807) is 0 Å². The summed E-state index contributed by atoms with van der Waals surface area (Å²) < 4.78 is 40.5. The Labute approximate surface area is 138 Å². The Morgan fingerprint density at radius 1 is 1.32 bits per heavy atom. The Kier molecular flexibility index (Phi) is 3.91. The quantitative estimate of drug-likeness (QED) is 0.487.